The molecule has 2 aromatic rings. The van der Waals surface area contributed by atoms with Gasteiger partial charge >= 0.3 is 0 Å². The van der Waals surface area contributed by atoms with Crippen LogP contribution in [0.4, 0.5) is 5.69 Å². The van der Waals surface area contributed by atoms with Gasteiger partial charge < -0.3 is 10.2 Å². The van der Waals surface area contributed by atoms with Crippen LogP contribution in [0.2, 0.25) is 0 Å². The van der Waals surface area contributed by atoms with Crippen LogP contribution < -0.4 is 5.32 Å². The molecule has 5 heteroatoms. The van der Waals surface area contributed by atoms with E-state index in [-0.39, 0.29) is 11.8 Å². The highest BCUT2D eigenvalue weighted by molar-refractivity contribution is 8.00. The molecule has 1 fully saturated rings. The quantitative estimate of drug-likeness (QED) is 0.845. The second-order valence-corrected chi connectivity index (χ2v) is 6.78. The third-order valence-electron chi connectivity index (χ3n) is 3.92. The van der Waals surface area contributed by atoms with Crippen molar-refractivity contribution in [1.29, 1.82) is 0 Å². The van der Waals surface area contributed by atoms with Crippen LogP contribution in [0.25, 0.3) is 0 Å². The smallest absolute Gasteiger partial charge is 0.253 e. The molecule has 124 valence electrons. The van der Waals surface area contributed by atoms with E-state index in [0.29, 0.717) is 17.0 Å². The number of likely N-dealkylation sites (tertiary alicyclic amines) is 1. The minimum absolute atomic E-state index is 0.0533. The van der Waals surface area contributed by atoms with E-state index in [9.17, 15) is 9.59 Å². The van der Waals surface area contributed by atoms with Crippen molar-refractivity contribution >= 4 is 29.3 Å². The van der Waals surface area contributed by atoms with Crippen LogP contribution in [0.5, 0.6) is 0 Å². The number of benzene rings is 2. The van der Waals surface area contributed by atoms with Gasteiger partial charge in [0, 0.05) is 29.2 Å². The second kappa shape index (κ2) is 8.02. The Morgan fingerprint density at radius 1 is 0.958 bits per heavy atom. The van der Waals surface area contributed by atoms with Crippen LogP contribution in [-0.2, 0) is 4.79 Å². The summed E-state index contributed by atoms with van der Waals surface area (Å²) in [5.41, 5.74) is 1.39. The van der Waals surface area contributed by atoms with Crippen LogP contribution in [0.1, 0.15) is 23.2 Å². The Kier molecular flexibility index (Phi) is 5.54. The highest BCUT2D eigenvalue weighted by Gasteiger charge is 2.19. The minimum atomic E-state index is -0.0533. The molecule has 1 aliphatic rings. The summed E-state index contributed by atoms with van der Waals surface area (Å²) in [5, 5.41) is 2.86. The number of carbonyl (C=O) groups excluding carboxylic acids is 2. The van der Waals surface area contributed by atoms with Gasteiger partial charge in [-0.2, -0.15) is 0 Å². The van der Waals surface area contributed by atoms with Crippen molar-refractivity contribution < 1.29 is 9.59 Å². The number of nitrogens with one attached hydrogen (secondary N) is 1. The first-order chi connectivity index (χ1) is 11.7. The molecule has 3 rings (SSSR count). The molecule has 0 atom stereocenters. The molecule has 24 heavy (non-hydrogen) atoms. The summed E-state index contributed by atoms with van der Waals surface area (Å²) in [6.07, 6.45) is 2.16. The average Bonchev–Trinajstić information content (AvgIpc) is 3.16. The zero-order valence-corrected chi connectivity index (χ0v) is 14.2. The van der Waals surface area contributed by atoms with E-state index in [2.05, 4.69) is 5.32 Å². The number of nitrogens with zero attached hydrogens (tertiary/aromatic N) is 1. The molecule has 0 radical (unpaired) electrons. The SMILES string of the molecule is O=C(CSc1ccccc1)Nc1ccc(C(=O)N2CCCC2)cc1. The van der Waals surface area contributed by atoms with Gasteiger partial charge in [0.25, 0.3) is 5.91 Å². The van der Waals surface area contributed by atoms with Crippen molar-refractivity contribution in [2.75, 3.05) is 24.2 Å². The maximum absolute atomic E-state index is 12.3. The summed E-state index contributed by atoms with van der Waals surface area (Å²) in [7, 11) is 0. The van der Waals surface area contributed by atoms with Gasteiger partial charge in [-0.1, -0.05) is 18.2 Å². The maximum atomic E-state index is 12.3. The summed E-state index contributed by atoms with van der Waals surface area (Å²) in [6, 6.07) is 17.0. The fourth-order valence-corrected chi connectivity index (χ4v) is 3.38. The number of anilines is 1. The van der Waals surface area contributed by atoms with E-state index in [1.807, 2.05) is 35.2 Å². The Hall–Kier alpha value is -2.27. The summed E-state index contributed by atoms with van der Waals surface area (Å²) < 4.78 is 0. The number of carbonyl (C=O) groups is 2. The van der Waals surface area contributed by atoms with Gasteiger partial charge in [0.2, 0.25) is 5.91 Å². The van der Waals surface area contributed by atoms with E-state index in [4.69, 9.17) is 0 Å². The fourth-order valence-electron chi connectivity index (χ4n) is 2.66. The lowest BCUT2D eigenvalue weighted by molar-refractivity contribution is -0.113. The monoisotopic (exact) mass is 340 g/mol. The Balaban J connectivity index is 1.52. The number of amides is 2. The number of thioether (sulfide) groups is 1. The maximum Gasteiger partial charge on any atom is 0.253 e. The molecule has 0 bridgehead atoms. The zero-order valence-electron chi connectivity index (χ0n) is 13.4. The molecule has 2 aromatic carbocycles. The van der Waals surface area contributed by atoms with Crippen molar-refractivity contribution in [2.24, 2.45) is 0 Å². The number of rotatable bonds is 5. The van der Waals surface area contributed by atoms with Crippen LogP contribution in [0, 0.1) is 0 Å². The molecule has 0 spiro atoms. The zero-order chi connectivity index (χ0) is 16.8. The molecular formula is C19H20N2O2S. The molecule has 1 N–H and O–H groups in total. The molecule has 1 aliphatic heterocycles. The standard InChI is InChI=1S/C19H20N2O2S/c22-18(14-24-17-6-2-1-3-7-17)20-16-10-8-15(9-11-16)19(23)21-12-4-5-13-21/h1-3,6-11H,4-5,12-14H2,(H,20,22). The lowest BCUT2D eigenvalue weighted by atomic mass is 10.2. The third-order valence-corrected chi connectivity index (χ3v) is 4.93. The Labute approximate surface area is 146 Å². The lowest BCUT2D eigenvalue weighted by Gasteiger charge is -2.15. The molecule has 0 aromatic heterocycles. The van der Waals surface area contributed by atoms with Gasteiger partial charge in [0.15, 0.2) is 0 Å². The molecule has 0 aliphatic carbocycles. The van der Waals surface area contributed by atoms with E-state index in [1.54, 1.807) is 24.3 Å². The highest BCUT2D eigenvalue weighted by atomic mass is 32.2. The first-order valence-corrected chi connectivity index (χ1v) is 9.08. The first kappa shape index (κ1) is 16.6. The average molecular weight is 340 g/mol. The summed E-state index contributed by atoms with van der Waals surface area (Å²) >= 11 is 1.50. The van der Waals surface area contributed by atoms with Crippen molar-refractivity contribution in [1.82, 2.24) is 4.90 Å². The van der Waals surface area contributed by atoms with Crippen LogP contribution in [0.15, 0.2) is 59.5 Å². The molecule has 1 saturated heterocycles. The third kappa shape index (κ3) is 4.38. The first-order valence-electron chi connectivity index (χ1n) is 8.09. The van der Waals surface area contributed by atoms with Gasteiger partial charge in [-0.3, -0.25) is 9.59 Å². The fraction of sp³-hybridized carbons (Fsp3) is 0.263. The summed E-state index contributed by atoms with van der Waals surface area (Å²) in [6.45, 7) is 1.68. The van der Waals surface area contributed by atoms with Crippen molar-refractivity contribution in [3.8, 4) is 0 Å². The predicted octanol–water partition coefficient (Wildman–Crippen LogP) is 3.65. The molecule has 1 heterocycles. The van der Waals surface area contributed by atoms with Crippen LogP contribution in [0.3, 0.4) is 0 Å². The minimum Gasteiger partial charge on any atom is -0.339 e. The number of hydrogen-bond donors (Lipinski definition) is 1. The normalized spacial score (nSPS) is 13.8. The van der Waals surface area contributed by atoms with Crippen molar-refractivity contribution in [2.45, 2.75) is 17.7 Å². The van der Waals surface area contributed by atoms with E-state index in [0.717, 1.165) is 30.8 Å². The van der Waals surface area contributed by atoms with E-state index < -0.39 is 0 Å². The molecule has 4 nitrogen and oxygen atoms in total. The van der Waals surface area contributed by atoms with Crippen LogP contribution >= 0.6 is 11.8 Å². The molecular weight excluding hydrogens is 320 g/mol. The van der Waals surface area contributed by atoms with Crippen molar-refractivity contribution in [3.05, 3.63) is 60.2 Å². The van der Waals surface area contributed by atoms with Gasteiger partial charge in [0.05, 0.1) is 5.75 Å². The topological polar surface area (TPSA) is 49.4 Å². The summed E-state index contributed by atoms with van der Waals surface area (Å²) in [4.78, 5) is 27.2. The largest absolute Gasteiger partial charge is 0.339 e. The summed E-state index contributed by atoms with van der Waals surface area (Å²) in [5.74, 6) is 0.380. The van der Waals surface area contributed by atoms with E-state index in [1.165, 1.54) is 11.8 Å². The highest BCUT2D eigenvalue weighted by Crippen LogP contribution is 2.18. The van der Waals surface area contributed by atoms with Gasteiger partial charge in [-0.25, -0.2) is 0 Å². The van der Waals surface area contributed by atoms with E-state index >= 15 is 0 Å². The lowest BCUT2D eigenvalue weighted by Crippen LogP contribution is -2.27. The second-order valence-electron chi connectivity index (χ2n) is 5.73. The van der Waals surface area contributed by atoms with Gasteiger partial charge in [-0.05, 0) is 49.2 Å². The Morgan fingerprint density at radius 3 is 2.29 bits per heavy atom. The van der Waals surface area contributed by atoms with Crippen molar-refractivity contribution in [3.63, 3.8) is 0 Å². The molecule has 0 saturated carbocycles. The van der Waals surface area contributed by atoms with Gasteiger partial charge in [-0.15, -0.1) is 11.8 Å². The Morgan fingerprint density at radius 2 is 1.62 bits per heavy atom. The predicted molar refractivity (Wildman–Crippen MR) is 97.4 cm³/mol. The molecule has 0 unspecified atom stereocenters. The molecule has 2 amide bonds. The van der Waals surface area contributed by atoms with Gasteiger partial charge in [0.1, 0.15) is 0 Å². The number of hydrogen-bond acceptors (Lipinski definition) is 3. The van der Waals surface area contributed by atoms with Crippen LogP contribution in [-0.4, -0.2) is 35.6 Å². The Bertz CT molecular complexity index is 695.